The second-order valence-corrected chi connectivity index (χ2v) is 6.42. The average molecular weight is 379 g/mol. The summed E-state index contributed by atoms with van der Waals surface area (Å²) in [6.07, 6.45) is -1.07. The maximum Gasteiger partial charge on any atom is 0.342 e. The number of anilines is 1. The number of phenolic OH excluding ortho intramolecular Hbond substituents is 1. The molecule has 0 unspecified atom stereocenters. The fraction of sp³-hybridized carbons (Fsp3) is 0.182. The lowest BCUT2D eigenvalue weighted by atomic mass is 10.1. The van der Waals surface area contributed by atoms with E-state index < -0.39 is 18.0 Å². The molecule has 6 heteroatoms. The SMILES string of the molecule is COc1ccc(C)cc1NC(=O)[C@H](C)OC(=O)c1ccc2ccccc2c1O. The highest BCUT2D eigenvalue weighted by Crippen LogP contribution is 2.29. The molecule has 0 aliphatic heterocycles. The Labute approximate surface area is 162 Å². The Kier molecular flexibility index (Phi) is 5.49. The van der Waals surface area contributed by atoms with E-state index in [1.165, 1.54) is 20.1 Å². The first-order valence-corrected chi connectivity index (χ1v) is 8.78. The minimum absolute atomic E-state index is 0.00601. The number of carbonyl (C=O) groups is 2. The van der Waals surface area contributed by atoms with Crippen LogP contribution in [-0.2, 0) is 9.53 Å². The summed E-state index contributed by atoms with van der Waals surface area (Å²) in [5.41, 5.74) is 1.44. The van der Waals surface area contributed by atoms with Crippen LogP contribution in [0.5, 0.6) is 11.5 Å². The van der Waals surface area contributed by atoms with E-state index in [0.717, 1.165) is 10.9 Å². The van der Waals surface area contributed by atoms with Crippen molar-refractivity contribution in [3.8, 4) is 11.5 Å². The number of esters is 1. The van der Waals surface area contributed by atoms with Crippen LogP contribution in [0.2, 0.25) is 0 Å². The molecule has 0 radical (unpaired) electrons. The second kappa shape index (κ2) is 8.00. The number of carbonyl (C=O) groups excluding carboxylic acids is 2. The van der Waals surface area contributed by atoms with Gasteiger partial charge in [0.1, 0.15) is 17.1 Å². The Hall–Kier alpha value is -3.54. The Morgan fingerprint density at radius 3 is 2.57 bits per heavy atom. The van der Waals surface area contributed by atoms with Crippen LogP contribution in [0.15, 0.2) is 54.6 Å². The molecule has 2 N–H and O–H groups in total. The highest BCUT2D eigenvalue weighted by atomic mass is 16.5. The predicted molar refractivity (Wildman–Crippen MR) is 107 cm³/mol. The van der Waals surface area contributed by atoms with Gasteiger partial charge in [-0.1, -0.05) is 36.4 Å². The van der Waals surface area contributed by atoms with Gasteiger partial charge in [-0.3, -0.25) is 4.79 Å². The number of methoxy groups -OCH3 is 1. The molecular weight excluding hydrogens is 358 g/mol. The van der Waals surface area contributed by atoms with Crippen molar-refractivity contribution in [1.29, 1.82) is 0 Å². The molecule has 0 bridgehead atoms. The summed E-state index contributed by atoms with van der Waals surface area (Å²) in [5.74, 6) is -0.944. The molecule has 1 atom stereocenters. The van der Waals surface area contributed by atoms with Crippen molar-refractivity contribution in [1.82, 2.24) is 0 Å². The molecule has 3 aromatic carbocycles. The maximum atomic E-state index is 12.5. The van der Waals surface area contributed by atoms with E-state index in [2.05, 4.69) is 5.32 Å². The standard InChI is InChI=1S/C22H21NO5/c1-13-8-11-19(27-3)18(12-13)23-21(25)14(2)28-22(26)17-10-9-15-6-4-5-7-16(15)20(17)24/h4-12,14,24H,1-3H3,(H,23,25)/t14-/m0/s1. The normalized spacial score (nSPS) is 11.7. The lowest BCUT2D eigenvalue weighted by Crippen LogP contribution is -2.30. The van der Waals surface area contributed by atoms with E-state index in [9.17, 15) is 14.7 Å². The van der Waals surface area contributed by atoms with Gasteiger partial charge in [0.05, 0.1) is 12.8 Å². The first kappa shape index (κ1) is 19.2. The number of amides is 1. The third kappa shape index (κ3) is 3.91. The number of benzene rings is 3. The molecule has 3 aromatic rings. The molecule has 0 aliphatic rings. The summed E-state index contributed by atoms with van der Waals surface area (Å²) in [6.45, 7) is 3.36. The van der Waals surface area contributed by atoms with Crippen LogP contribution in [0.25, 0.3) is 10.8 Å². The fourth-order valence-electron chi connectivity index (χ4n) is 2.85. The smallest absolute Gasteiger partial charge is 0.342 e. The average Bonchev–Trinajstić information content (AvgIpc) is 2.68. The van der Waals surface area contributed by atoms with Gasteiger partial charge in [0.15, 0.2) is 6.10 Å². The minimum atomic E-state index is -1.07. The molecule has 0 aromatic heterocycles. The third-order valence-corrected chi connectivity index (χ3v) is 4.39. The number of hydrogen-bond donors (Lipinski definition) is 2. The number of aromatic hydroxyl groups is 1. The van der Waals surface area contributed by atoms with Gasteiger partial charge in [0.25, 0.3) is 5.91 Å². The van der Waals surface area contributed by atoms with E-state index >= 15 is 0 Å². The summed E-state index contributed by atoms with van der Waals surface area (Å²) in [7, 11) is 1.51. The third-order valence-electron chi connectivity index (χ3n) is 4.39. The topological polar surface area (TPSA) is 84.9 Å². The molecule has 0 spiro atoms. The highest BCUT2D eigenvalue weighted by molar-refractivity contribution is 6.03. The summed E-state index contributed by atoms with van der Waals surface area (Å²) in [6, 6.07) is 15.7. The molecule has 3 rings (SSSR count). The zero-order valence-electron chi connectivity index (χ0n) is 15.9. The van der Waals surface area contributed by atoms with Crippen LogP contribution in [0, 0.1) is 6.92 Å². The van der Waals surface area contributed by atoms with Crippen molar-refractivity contribution in [2.24, 2.45) is 0 Å². The molecule has 0 aliphatic carbocycles. The summed E-state index contributed by atoms with van der Waals surface area (Å²) >= 11 is 0. The van der Waals surface area contributed by atoms with Crippen LogP contribution in [0.3, 0.4) is 0 Å². The van der Waals surface area contributed by atoms with E-state index in [-0.39, 0.29) is 11.3 Å². The Morgan fingerprint density at radius 2 is 1.82 bits per heavy atom. The Morgan fingerprint density at radius 1 is 1.07 bits per heavy atom. The van der Waals surface area contributed by atoms with Crippen LogP contribution in [-0.4, -0.2) is 30.2 Å². The number of rotatable bonds is 5. The van der Waals surface area contributed by atoms with Gasteiger partial charge in [-0.2, -0.15) is 0 Å². The fourth-order valence-corrected chi connectivity index (χ4v) is 2.85. The molecule has 0 heterocycles. The van der Waals surface area contributed by atoms with E-state index in [4.69, 9.17) is 9.47 Å². The van der Waals surface area contributed by atoms with Gasteiger partial charge in [-0.15, -0.1) is 0 Å². The predicted octanol–water partition coefficient (Wildman–Crippen LogP) is 4.05. The van der Waals surface area contributed by atoms with Crippen LogP contribution in [0.4, 0.5) is 5.69 Å². The van der Waals surface area contributed by atoms with Gasteiger partial charge in [0.2, 0.25) is 0 Å². The highest BCUT2D eigenvalue weighted by Gasteiger charge is 2.22. The largest absolute Gasteiger partial charge is 0.506 e. The van der Waals surface area contributed by atoms with Gasteiger partial charge in [-0.05, 0) is 43.0 Å². The van der Waals surface area contributed by atoms with Gasteiger partial charge < -0.3 is 19.9 Å². The zero-order chi connectivity index (χ0) is 20.3. The number of ether oxygens (including phenoxy) is 2. The monoisotopic (exact) mass is 379 g/mol. The van der Waals surface area contributed by atoms with E-state index in [1.54, 1.807) is 30.3 Å². The second-order valence-electron chi connectivity index (χ2n) is 6.42. The Balaban J connectivity index is 1.75. The quantitative estimate of drug-likeness (QED) is 0.654. The van der Waals surface area contributed by atoms with Gasteiger partial charge >= 0.3 is 5.97 Å². The number of fused-ring (bicyclic) bond motifs is 1. The van der Waals surface area contributed by atoms with Crippen molar-refractivity contribution in [2.45, 2.75) is 20.0 Å². The Bertz CT molecular complexity index is 1040. The van der Waals surface area contributed by atoms with Crippen molar-refractivity contribution in [3.05, 3.63) is 65.7 Å². The molecular formula is C22H21NO5. The van der Waals surface area contributed by atoms with Gasteiger partial charge in [0, 0.05) is 5.39 Å². The van der Waals surface area contributed by atoms with Gasteiger partial charge in [-0.25, -0.2) is 4.79 Å². The van der Waals surface area contributed by atoms with Crippen LogP contribution >= 0.6 is 0 Å². The zero-order valence-corrected chi connectivity index (χ0v) is 15.9. The molecule has 1 amide bonds. The number of aryl methyl sites for hydroxylation is 1. The summed E-state index contributed by atoms with van der Waals surface area (Å²) in [4.78, 5) is 24.9. The van der Waals surface area contributed by atoms with Crippen LogP contribution in [0.1, 0.15) is 22.8 Å². The van der Waals surface area contributed by atoms with E-state index in [1.807, 2.05) is 25.1 Å². The van der Waals surface area contributed by atoms with Crippen molar-refractivity contribution in [3.63, 3.8) is 0 Å². The maximum absolute atomic E-state index is 12.5. The molecule has 6 nitrogen and oxygen atoms in total. The van der Waals surface area contributed by atoms with Crippen molar-refractivity contribution in [2.75, 3.05) is 12.4 Å². The molecule has 0 fully saturated rings. The molecule has 0 saturated heterocycles. The number of phenols is 1. The lowest BCUT2D eigenvalue weighted by molar-refractivity contribution is -0.123. The lowest BCUT2D eigenvalue weighted by Gasteiger charge is -2.16. The summed E-state index contributed by atoms with van der Waals surface area (Å²) < 4.78 is 10.5. The number of hydrogen-bond acceptors (Lipinski definition) is 5. The molecule has 28 heavy (non-hydrogen) atoms. The van der Waals surface area contributed by atoms with Crippen molar-refractivity contribution < 1.29 is 24.2 Å². The van der Waals surface area contributed by atoms with Crippen LogP contribution < -0.4 is 10.1 Å². The molecule has 144 valence electrons. The first-order valence-electron chi connectivity index (χ1n) is 8.78. The number of nitrogens with one attached hydrogen (secondary N) is 1. The first-order chi connectivity index (χ1) is 13.4. The van der Waals surface area contributed by atoms with Crippen molar-refractivity contribution >= 4 is 28.3 Å². The summed E-state index contributed by atoms with van der Waals surface area (Å²) in [5, 5.41) is 14.4. The van der Waals surface area contributed by atoms with E-state index in [0.29, 0.717) is 16.8 Å². The molecule has 0 saturated carbocycles. The minimum Gasteiger partial charge on any atom is -0.506 e.